The van der Waals surface area contributed by atoms with Crippen LogP contribution in [0, 0.1) is 0 Å². The molecule has 0 fully saturated rings. The molecule has 7 heteroatoms. The van der Waals surface area contributed by atoms with Crippen molar-refractivity contribution in [3.63, 3.8) is 0 Å². The van der Waals surface area contributed by atoms with Gasteiger partial charge >= 0.3 is 0 Å². The van der Waals surface area contributed by atoms with Crippen LogP contribution in [-0.4, -0.2) is 50.9 Å². The van der Waals surface area contributed by atoms with Crippen molar-refractivity contribution in [2.45, 2.75) is 25.9 Å². The van der Waals surface area contributed by atoms with Gasteiger partial charge in [-0.1, -0.05) is 13.0 Å². The number of carbonyl (C=O) groups excluding carboxylic acids is 1. The van der Waals surface area contributed by atoms with Crippen LogP contribution >= 0.6 is 12.4 Å². The number of nitrogens with one attached hydrogen (secondary N) is 1. The summed E-state index contributed by atoms with van der Waals surface area (Å²) in [5, 5.41) is 13.3. The lowest BCUT2D eigenvalue weighted by molar-refractivity contribution is 0.0986. The molecule has 0 radical (unpaired) electrons. The van der Waals surface area contributed by atoms with Crippen molar-refractivity contribution in [2.24, 2.45) is 0 Å². The third kappa shape index (κ3) is 7.93. The molecule has 0 spiro atoms. The molecule has 2 N–H and O–H groups in total. The summed E-state index contributed by atoms with van der Waals surface area (Å²) < 4.78 is 16.1. The van der Waals surface area contributed by atoms with Crippen LogP contribution in [0.3, 0.4) is 0 Å². The molecular formula is C22H30ClNO5. The van der Waals surface area contributed by atoms with Gasteiger partial charge in [-0.25, -0.2) is 0 Å². The van der Waals surface area contributed by atoms with Crippen molar-refractivity contribution in [1.29, 1.82) is 0 Å². The molecule has 0 aliphatic heterocycles. The zero-order chi connectivity index (χ0) is 20.4. The van der Waals surface area contributed by atoms with Gasteiger partial charge in [0.1, 0.15) is 18.5 Å². The van der Waals surface area contributed by atoms with Gasteiger partial charge in [-0.15, -0.1) is 12.4 Å². The minimum atomic E-state index is -0.623. The smallest absolute Gasteiger partial charge is 0.162 e. The number of aliphatic hydroxyl groups excluding tert-OH is 1. The van der Waals surface area contributed by atoms with Crippen molar-refractivity contribution in [3.05, 3.63) is 53.6 Å². The van der Waals surface area contributed by atoms with E-state index in [2.05, 4.69) is 5.32 Å². The first-order chi connectivity index (χ1) is 13.6. The molecule has 160 valence electrons. The Hall–Kier alpha value is -2.28. The highest BCUT2D eigenvalue weighted by molar-refractivity contribution is 5.95. The number of aliphatic hydroxyl groups is 1. The van der Waals surface area contributed by atoms with Gasteiger partial charge in [-0.3, -0.25) is 4.79 Å². The lowest BCUT2D eigenvalue weighted by Crippen LogP contribution is -2.32. The second-order valence-electron chi connectivity index (χ2n) is 6.41. The maximum atomic E-state index is 11.6. The van der Waals surface area contributed by atoms with E-state index >= 15 is 0 Å². The van der Waals surface area contributed by atoms with Gasteiger partial charge in [0, 0.05) is 18.5 Å². The monoisotopic (exact) mass is 423 g/mol. The molecule has 0 saturated carbocycles. The van der Waals surface area contributed by atoms with Crippen LogP contribution in [0.5, 0.6) is 17.2 Å². The Balaban J connectivity index is 0.00000420. The molecule has 1 atom stereocenters. The van der Waals surface area contributed by atoms with Crippen molar-refractivity contribution in [2.75, 3.05) is 33.9 Å². The summed E-state index contributed by atoms with van der Waals surface area (Å²) in [7, 11) is 3.23. The topological polar surface area (TPSA) is 77.0 Å². The molecule has 1 unspecified atom stereocenters. The molecule has 0 aromatic heterocycles. The number of methoxy groups -OCH3 is 2. The summed E-state index contributed by atoms with van der Waals surface area (Å²) in [6.07, 6.45) is 0.664. The summed E-state index contributed by atoms with van der Waals surface area (Å²) in [5.74, 6) is 2.15. The molecule has 0 aliphatic rings. The van der Waals surface area contributed by atoms with Crippen LogP contribution in [0.2, 0.25) is 0 Å². The van der Waals surface area contributed by atoms with Crippen molar-refractivity contribution in [3.8, 4) is 17.2 Å². The molecule has 0 amide bonds. The normalized spacial score (nSPS) is 11.3. The predicted octanol–water partition coefficient (Wildman–Crippen LogP) is 3.29. The van der Waals surface area contributed by atoms with Gasteiger partial charge in [-0.2, -0.15) is 0 Å². The maximum absolute atomic E-state index is 11.6. The summed E-state index contributed by atoms with van der Waals surface area (Å²) in [4.78, 5) is 11.6. The molecule has 29 heavy (non-hydrogen) atoms. The zero-order valence-corrected chi connectivity index (χ0v) is 18.0. The highest BCUT2D eigenvalue weighted by atomic mass is 35.5. The lowest BCUT2D eigenvalue weighted by Gasteiger charge is -2.14. The summed E-state index contributed by atoms with van der Waals surface area (Å²) in [6, 6.07) is 12.8. The highest BCUT2D eigenvalue weighted by Gasteiger charge is 2.08. The quantitative estimate of drug-likeness (QED) is 0.403. The van der Waals surface area contributed by atoms with E-state index in [1.165, 1.54) is 0 Å². The molecular weight excluding hydrogens is 394 g/mol. The number of rotatable bonds is 12. The first kappa shape index (κ1) is 24.8. The molecule has 0 saturated heterocycles. The van der Waals surface area contributed by atoms with E-state index in [1.807, 2.05) is 25.1 Å². The standard InChI is InChI=1S/C22H29NO5.ClH/c1-4-20(25)17-6-8-19(9-7-17)28-15-18(24)14-23-12-11-16-5-10-21(26-2)22(13-16)27-3;/h5-10,13,18,23-24H,4,11-12,14-15H2,1-3H3;1H. The Kier molecular flexibility index (Phi) is 11.1. The van der Waals surface area contributed by atoms with Gasteiger partial charge in [0.2, 0.25) is 0 Å². The second kappa shape index (κ2) is 13.0. The Bertz CT molecular complexity index is 751. The van der Waals surface area contributed by atoms with E-state index in [-0.39, 0.29) is 24.8 Å². The number of hydrogen-bond donors (Lipinski definition) is 2. The number of benzene rings is 2. The van der Waals surface area contributed by atoms with Crippen LogP contribution in [-0.2, 0) is 6.42 Å². The fourth-order valence-electron chi connectivity index (χ4n) is 2.73. The van der Waals surface area contributed by atoms with Crippen LogP contribution in [0.25, 0.3) is 0 Å². The molecule has 2 aromatic rings. The van der Waals surface area contributed by atoms with Gasteiger partial charge in [-0.05, 0) is 54.9 Å². The van der Waals surface area contributed by atoms with Gasteiger partial charge < -0.3 is 24.6 Å². The Morgan fingerprint density at radius 1 is 1.07 bits per heavy atom. The number of carbonyl (C=O) groups is 1. The molecule has 2 aromatic carbocycles. The minimum Gasteiger partial charge on any atom is -0.493 e. The third-order valence-corrected chi connectivity index (χ3v) is 4.36. The third-order valence-electron chi connectivity index (χ3n) is 4.36. The Labute approximate surface area is 178 Å². The lowest BCUT2D eigenvalue weighted by atomic mass is 10.1. The predicted molar refractivity (Wildman–Crippen MR) is 116 cm³/mol. The van der Waals surface area contributed by atoms with Crippen LogP contribution < -0.4 is 19.5 Å². The number of halogens is 1. The zero-order valence-electron chi connectivity index (χ0n) is 17.1. The van der Waals surface area contributed by atoms with Crippen molar-refractivity contribution in [1.82, 2.24) is 5.32 Å². The van der Waals surface area contributed by atoms with Gasteiger partial charge in [0.25, 0.3) is 0 Å². The summed E-state index contributed by atoms with van der Waals surface area (Å²) in [5.41, 5.74) is 1.80. The number of ether oxygens (including phenoxy) is 3. The van der Waals surface area contributed by atoms with Crippen molar-refractivity contribution >= 4 is 18.2 Å². The Morgan fingerprint density at radius 2 is 1.76 bits per heavy atom. The SMILES string of the molecule is CCC(=O)c1ccc(OCC(O)CNCCc2ccc(OC)c(OC)c2)cc1.Cl. The van der Waals surface area contributed by atoms with E-state index in [4.69, 9.17) is 14.2 Å². The van der Waals surface area contributed by atoms with E-state index in [0.717, 1.165) is 18.5 Å². The molecule has 2 rings (SSSR count). The first-order valence-corrected chi connectivity index (χ1v) is 9.43. The fraction of sp³-hybridized carbons (Fsp3) is 0.409. The number of hydrogen-bond acceptors (Lipinski definition) is 6. The van der Waals surface area contributed by atoms with Crippen LogP contribution in [0.15, 0.2) is 42.5 Å². The van der Waals surface area contributed by atoms with E-state index < -0.39 is 6.10 Å². The van der Waals surface area contributed by atoms with E-state index in [0.29, 0.717) is 35.8 Å². The van der Waals surface area contributed by atoms with Crippen molar-refractivity contribution < 1.29 is 24.1 Å². The van der Waals surface area contributed by atoms with Gasteiger partial charge in [0.15, 0.2) is 17.3 Å². The molecule has 0 bridgehead atoms. The molecule has 0 aliphatic carbocycles. The fourth-order valence-corrected chi connectivity index (χ4v) is 2.73. The largest absolute Gasteiger partial charge is 0.493 e. The average molecular weight is 424 g/mol. The highest BCUT2D eigenvalue weighted by Crippen LogP contribution is 2.27. The summed E-state index contributed by atoms with van der Waals surface area (Å²) >= 11 is 0. The minimum absolute atomic E-state index is 0. The molecule has 6 nitrogen and oxygen atoms in total. The molecule has 0 heterocycles. The van der Waals surface area contributed by atoms with E-state index in [9.17, 15) is 9.90 Å². The number of ketones is 1. The maximum Gasteiger partial charge on any atom is 0.162 e. The van der Waals surface area contributed by atoms with E-state index in [1.54, 1.807) is 38.5 Å². The average Bonchev–Trinajstić information content (AvgIpc) is 2.74. The van der Waals surface area contributed by atoms with Crippen LogP contribution in [0.4, 0.5) is 0 Å². The second-order valence-corrected chi connectivity index (χ2v) is 6.41. The number of Topliss-reactive ketones (excluding diaryl/α,β-unsaturated/α-hetero) is 1. The Morgan fingerprint density at radius 3 is 2.38 bits per heavy atom. The van der Waals surface area contributed by atoms with Crippen LogP contribution in [0.1, 0.15) is 29.3 Å². The first-order valence-electron chi connectivity index (χ1n) is 9.43. The van der Waals surface area contributed by atoms with Gasteiger partial charge in [0.05, 0.1) is 14.2 Å². The summed E-state index contributed by atoms with van der Waals surface area (Å²) in [6.45, 7) is 3.17.